The van der Waals surface area contributed by atoms with Crippen LogP contribution in [-0.2, 0) is 6.54 Å². The molecule has 0 radical (unpaired) electrons. The van der Waals surface area contributed by atoms with Gasteiger partial charge in [-0.1, -0.05) is 35.3 Å². The van der Waals surface area contributed by atoms with Crippen molar-refractivity contribution in [3.63, 3.8) is 0 Å². The average molecular weight is 417 g/mol. The molecule has 0 saturated carbocycles. The number of pyridine rings is 1. The summed E-state index contributed by atoms with van der Waals surface area (Å²) in [6, 6.07) is 9.45. The summed E-state index contributed by atoms with van der Waals surface area (Å²) >= 11 is 12.3. The minimum absolute atomic E-state index is 0.0271. The molecule has 0 bridgehead atoms. The molecule has 3 rings (SSSR count). The van der Waals surface area contributed by atoms with Crippen LogP contribution in [0.2, 0.25) is 10.0 Å². The number of hydrogen-bond acceptors (Lipinski definition) is 3. The maximum Gasteiger partial charge on any atom is 0.191 e. The highest BCUT2D eigenvalue weighted by Crippen LogP contribution is 2.26. The third-order valence-corrected chi connectivity index (χ3v) is 4.91. The van der Waals surface area contributed by atoms with Crippen LogP contribution < -0.4 is 10.6 Å². The smallest absolute Gasteiger partial charge is 0.191 e. The summed E-state index contributed by atoms with van der Waals surface area (Å²) in [7, 11) is 1.73. The van der Waals surface area contributed by atoms with Gasteiger partial charge in [-0.2, -0.15) is 0 Å². The first-order chi connectivity index (χ1) is 13.5. The molecule has 1 unspecified atom stereocenters. The summed E-state index contributed by atoms with van der Waals surface area (Å²) < 4.78 is 1.94. The molecular formula is C20H22Cl2N6. The number of nitrogens with one attached hydrogen (secondary N) is 2. The van der Waals surface area contributed by atoms with Crippen LogP contribution in [0.1, 0.15) is 29.9 Å². The van der Waals surface area contributed by atoms with Crippen LogP contribution in [0.3, 0.4) is 0 Å². The molecule has 8 heteroatoms. The molecular weight excluding hydrogens is 395 g/mol. The minimum atomic E-state index is -0.0271. The van der Waals surface area contributed by atoms with Crippen molar-refractivity contribution in [1.82, 2.24) is 25.2 Å². The van der Waals surface area contributed by atoms with Gasteiger partial charge in [-0.05, 0) is 43.2 Å². The predicted octanol–water partition coefficient (Wildman–Crippen LogP) is 4.31. The van der Waals surface area contributed by atoms with E-state index in [1.165, 1.54) is 0 Å². The Morgan fingerprint density at radius 1 is 1.21 bits per heavy atom. The molecule has 0 fully saturated rings. The zero-order chi connectivity index (χ0) is 20.1. The zero-order valence-electron chi connectivity index (χ0n) is 15.9. The Balaban J connectivity index is 1.60. The third kappa shape index (κ3) is 4.82. The number of aryl methyl sites for hydroxylation is 1. The Morgan fingerprint density at radius 2 is 2.04 bits per heavy atom. The number of benzene rings is 1. The minimum Gasteiger partial charge on any atom is -0.352 e. The van der Waals surface area contributed by atoms with Gasteiger partial charge in [0.15, 0.2) is 5.96 Å². The Hall–Kier alpha value is -2.57. The number of hydrogen-bond donors (Lipinski definition) is 2. The van der Waals surface area contributed by atoms with E-state index in [1.54, 1.807) is 19.3 Å². The van der Waals surface area contributed by atoms with Crippen molar-refractivity contribution in [1.29, 1.82) is 0 Å². The van der Waals surface area contributed by atoms with E-state index in [0.717, 1.165) is 22.8 Å². The first-order valence-electron chi connectivity index (χ1n) is 8.85. The summed E-state index contributed by atoms with van der Waals surface area (Å²) in [5, 5.41) is 7.87. The molecule has 0 amide bonds. The molecule has 1 atom stereocenters. The largest absolute Gasteiger partial charge is 0.352 e. The fourth-order valence-electron chi connectivity index (χ4n) is 2.80. The summed E-state index contributed by atoms with van der Waals surface area (Å²) in [4.78, 5) is 13.0. The van der Waals surface area contributed by atoms with E-state index in [9.17, 15) is 0 Å². The fourth-order valence-corrected chi connectivity index (χ4v) is 3.37. The Labute approximate surface area is 174 Å². The summed E-state index contributed by atoms with van der Waals surface area (Å²) in [6.45, 7) is 4.56. The molecule has 1 aromatic carbocycles. The number of rotatable bonds is 5. The first-order valence-corrected chi connectivity index (χ1v) is 9.61. The summed E-state index contributed by atoms with van der Waals surface area (Å²) in [5.74, 6) is 2.41. The molecule has 2 N–H and O–H groups in total. The molecule has 28 heavy (non-hydrogen) atoms. The van der Waals surface area contributed by atoms with E-state index in [2.05, 4.69) is 25.6 Å². The van der Waals surface area contributed by atoms with E-state index in [1.807, 2.05) is 55.1 Å². The van der Waals surface area contributed by atoms with Crippen molar-refractivity contribution in [2.75, 3.05) is 7.05 Å². The standard InChI is InChI=1S/C20H22Cl2N6/c1-13(17-6-5-16(21)10-18(17)22)27-20(23-3)26-12-15-4-7-19(25-11-15)28-9-8-24-14(28)2/h4-11,13H,12H2,1-3H3,(H2,23,26,27). The molecule has 2 heterocycles. The lowest BCUT2D eigenvalue weighted by Crippen LogP contribution is -2.38. The molecule has 0 aliphatic heterocycles. The van der Waals surface area contributed by atoms with Crippen molar-refractivity contribution >= 4 is 29.2 Å². The van der Waals surface area contributed by atoms with Crippen LogP contribution >= 0.6 is 23.2 Å². The number of aliphatic imine (C=N–C) groups is 1. The molecule has 3 aromatic rings. The number of imidazole rings is 1. The van der Waals surface area contributed by atoms with Crippen molar-refractivity contribution in [3.05, 3.63) is 75.9 Å². The van der Waals surface area contributed by atoms with Crippen molar-refractivity contribution in [2.45, 2.75) is 26.4 Å². The Bertz CT molecular complexity index is 965. The van der Waals surface area contributed by atoms with Gasteiger partial charge in [0.1, 0.15) is 11.6 Å². The molecule has 0 saturated heterocycles. The van der Waals surface area contributed by atoms with E-state index < -0.39 is 0 Å². The van der Waals surface area contributed by atoms with Crippen LogP contribution in [0.25, 0.3) is 5.82 Å². The van der Waals surface area contributed by atoms with Crippen LogP contribution in [0.5, 0.6) is 0 Å². The fraction of sp³-hybridized carbons (Fsp3) is 0.250. The van der Waals surface area contributed by atoms with Gasteiger partial charge in [-0.3, -0.25) is 9.56 Å². The van der Waals surface area contributed by atoms with Gasteiger partial charge >= 0.3 is 0 Å². The predicted molar refractivity (Wildman–Crippen MR) is 114 cm³/mol. The molecule has 2 aromatic heterocycles. The van der Waals surface area contributed by atoms with Crippen LogP contribution in [0, 0.1) is 6.92 Å². The normalized spacial score (nSPS) is 12.7. The highest BCUT2D eigenvalue weighted by Gasteiger charge is 2.12. The lowest BCUT2D eigenvalue weighted by Gasteiger charge is -2.19. The van der Waals surface area contributed by atoms with Gasteiger partial charge in [0, 0.05) is 42.2 Å². The topological polar surface area (TPSA) is 67.1 Å². The number of nitrogens with zero attached hydrogens (tertiary/aromatic N) is 4. The summed E-state index contributed by atoms with van der Waals surface area (Å²) in [5.41, 5.74) is 2.00. The van der Waals surface area contributed by atoms with Gasteiger partial charge in [0.05, 0.1) is 6.04 Å². The highest BCUT2D eigenvalue weighted by atomic mass is 35.5. The number of guanidine groups is 1. The van der Waals surface area contributed by atoms with Gasteiger partial charge in [0.25, 0.3) is 0 Å². The lowest BCUT2D eigenvalue weighted by atomic mass is 10.1. The van der Waals surface area contributed by atoms with Crippen LogP contribution in [0.15, 0.2) is 53.9 Å². The second-order valence-corrected chi connectivity index (χ2v) is 7.17. The quantitative estimate of drug-likeness (QED) is 0.480. The van der Waals surface area contributed by atoms with Gasteiger partial charge in [-0.25, -0.2) is 9.97 Å². The molecule has 0 aliphatic carbocycles. The average Bonchev–Trinajstić information content (AvgIpc) is 3.11. The molecule has 6 nitrogen and oxygen atoms in total. The second-order valence-electron chi connectivity index (χ2n) is 6.33. The van der Waals surface area contributed by atoms with Crippen molar-refractivity contribution in [3.8, 4) is 5.82 Å². The maximum atomic E-state index is 6.29. The Morgan fingerprint density at radius 3 is 2.64 bits per heavy atom. The van der Waals surface area contributed by atoms with Gasteiger partial charge in [-0.15, -0.1) is 0 Å². The van der Waals surface area contributed by atoms with E-state index in [4.69, 9.17) is 23.2 Å². The monoisotopic (exact) mass is 416 g/mol. The SMILES string of the molecule is CN=C(NCc1ccc(-n2ccnc2C)nc1)NC(C)c1ccc(Cl)cc1Cl. The summed E-state index contributed by atoms with van der Waals surface area (Å²) in [6.07, 6.45) is 5.50. The first kappa shape index (κ1) is 20.2. The molecule has 0 spiro atoms. The van der Waals surface area contributed by atoms with Crippen molar-refractivity contribution in [2.24, 2.45) is 4.99 Å². The second kappa shape index (κ2) is 9.08. The highest BCUT2D eigenvalue weighted by molar-refractivity contribution is 6.35. The molecule has 0 aliphatic rings. The van der Waals surface area contributed by atoms with Crippen molar-refractivity contribution < 1.29 is 0 Å². The molecule has 146 valence electrons. The van der Waals surface area contributed by atoms with Gasteiger partial charge < -0.3 is 10.6 Å². The van der Waals surface area contributed by atoms with E-state index >= 15 is 0 Å². The third-order valence-electron chi connectivity index (χ3n) is 4.35. The van der Waals surface area contributed by atoms with E-state index in [0.29, 0.717) is 22.5 Å². The van der Waals surface area contributed by atoms with Crippen LogP contribution in [0.4, 0.5) is 0 Å². The Kier molecular flexibility index (Phi) is 6.54. The zero-order valence-corrected chi connectivity index (χ0v) is 17.5. The van der Waals surface area contributed by atoms with Crippen LogP contribution in [-0.4, -0.2) is 27.5 Å². The van der Waals surface area contributed by atoms with E-state index in [-0.39, 0.29) is 6.04 Å². The van der Waals surface area contributed by atoms with Gasteiger partial charge in [0.2, 0.25) is 0 Å². The number of halogens is 2. The lowest BCUT2D eigenvalue weighted by molar-refractivity contribution is 0.685. The number of aromatic nitrogens is 3. The maximum absolute atomic E-state index is 6.29.